The quantitative estimate of drug-likeness (QED) is 0.823. The Hall–Kier alpha value is -1.76. The van der Waals surface area contributed by atoms with Gasteiger partial charge < -0.3 is 15.4 Å². The molecule has 0 radical (unpaired) electrons. The van der Waals surface area contributed by atoms with Crippen molar-refractivity contribution in [1.82, 2.24) is 14.8 Å². The third-order valence-corrected chi connectivity index (χ3v) is 7.34. The molecule has 2 fully saturated rings. The molecular formula is C24H36N4O2. The normalized spacial score (nSPS) is 25.0. The molecule has 4 rings (SSSR count). The van der Waals surface area contributed by atoms with Crippen molar-refractivity contribution in [2.24, 2.45) is 11.1 Å². The van der Waals surface area contributed by atoms with Crippen molar-refractivity contribution in [3.05, 3.63) is 35.2 Å². The maximum Gasteiger partial charge on any atom is 0.250 e. The summed E-state index contributed by atoms with van der Waals surface area (Å²) in [5.74, 6) is -0.393. The van der Waals surface area contributed by atoms with Gasteiger partial charge >= 0.3 is 0 Å². The van der Waals surface area contributed by atoms with E-state index in [0.29, 0.717) is 11.0 Å². The van der Waals surface area contributed by atoms with Crippen molar-refractivity contribution in [3.63, 3.8) is 0 Å². The molecule has 6 heteroatoms. The number of rotatable bonds is 4. The second-order valence-electron chi connectivity index (χ2n) is 9.99. The lowest BCUT2D eigenvalue weighted by atomic mass is 9.77. The number of hydrogen-bond donors (Lipinski definition) is 1. The van der Waals surface area contributed by atoms with Gasteiger partial charge in [-0.2, -0.15) is 0 Å². The molecule has 1 aliphatic carbocycles. The van der Waals surface area contributed by atoms with Crippen LogP contribution in [0.5, 0.6) is 0 Å². The molecule has 1 amide bonds. The Balaban J connectivity index is 1.75. The number of aromatic nitrogens is 1. The zero-order valence-corrected chi connectivity index (χ0v) is 18.7. The topological polar surface area (TPSA) is 71.7 Å². The van der Waals surface area contributed by atoms with E-state index in [1.165, 1.54) is 5.57 Å². The molecule has 30 heavy (non-hydrogen) atoms. The Bertz CT molecular complexity index is 818. The molecule has 1 aromatic rings. The predicted molar refractivity (Wildman–Crippen MR) is 119 cm³/mol. The summed E-state index contributed by atoms with van der Waals surface area (Å²) < 4.78 is 5.74. The lowest BCUT2D eigenvalue weighted by Crippen LogP contribution is -2.57. The molecule has 1 aromatic heterocycles. The van der Waals surface area contributed by atoms with Crippen LogP contribution < -0.4 is 5.73 Å². The van der Waals surface area contributed by atoms with Crippen LogP contribution in [0.2, 0.25) is 0 Å². The fourth-order valence-electron chi connectivity index (χ4n) is 5.13. The van der Waals surface area contributed by atoms with E-state index < -0.39 is 5.91 Å². The first kappa shape index (κ1) is 21.5. The monoisotopic (exact) mass is 412 g/mol. The van der Waals surface area contributed by atoms with Crippen molar-refractivity contribution in [1.29, 1.82) is 0 Å². The molecule has 0 unspecified atom stereocenters. The summed E-state index contributed by atoms with van der Waals surface area (Å²) in [5, 5.41) is 0. The summed E-state index contributed by atoms with van der Waals surface area (Å²) in [6.45, 7) is 10.3. The molecule has 3 heterocycles. The number of nitrogens with zero attached hydrogens (tertiary/aromatic N) is 3. The van der Waals surface area contributed by atoms with Gasteiger partial charge in [0.15, 0.2) is 0 Å². The number of carbonyl (C=O) groups excluding carboxylic acids is 1. The summed E-state index contributed by atoms with van der Waals surface area (Å²) in [4.78, 5) is 22.4. The lowest BCUT2D eigenvalue weighted by Gasteiger charge is -2.49. The molecular weight excluding hydrogens is 376 g/mol. The van der Waals surface area contributed by atoms with Crippen LogP contribution in [0.25, 0.3) is 5.57 Å². The molecule has 0 aromatic carbocycles. The van der Waals surface area contributed by atoms with Crippen LogP contribution in [-0.4, -0.2) is 67.1 Å². The van der Waals surface area contributed by atoms with Crippen molar-refractivity contribution < 1.29 is 9.53 Å². The fourth-order valence-corrected chi connectivity index (χ4v) is 5.13. The van der Waals surface area contributed by atoms with Crippen LogP contribution in [0.15, 0.2) is 18.2 Å². The summed E-state index contributed by atoms with van der Waals surface area (Å²) >= 11 is 0. The number of primary amides is 1. The van der Waals surface area contributed by atoms with Gasteiger partial charge in [-0.25, -0.2) is 0 Å². The highest BCUT2D eigenvalue weighted by Gasteiger charge is 2.42. The summed E-state index contributed by atoms with van der Waals surface area (Å²) in [5.41, 5.74) is 9.52. The first-order valence-electron chi connectivity index (χ1n) is 11.3. The first-order valence-corrected chi connectivity index (χ1v) is 11.3. The standard InChI is InChI=1S/C24H36N4O2/c1-23(2)8-6-18(7-9-23)21-19(22(25)29)4-5-20(26-21)24(10-16-30-17-11-24)28-14-12-27(3)13-15-28/h4-6H,7-17H2,1-3H3,(H2,25,29). The Labute approximate surface area is 180 Å². The van der Waals surface area contributed by atoms with Gasteiger partial charge in [0.05, 0.1) is 22.5 Å². The van der Waals surface area contributed by atoms with Gasteiger partial charge in [0.25, 0.3) is 5.91 Å². The van der Waals surface area contributed by atoms with Crippen LogP contribution in [0.3, 0.4) is 0 Å². The molecule has 0 atom stereocenters. The van der Waals surface area contributed by atoms with Crippen LogP contribution in [0.1, 0.15) is 67.7 Å². The molecule has 164 valence electrons. The maximum atomic E-state index is 12.2. The Morgan fingerprint density at radius 3 is 2.40 bits per heavy atom. The zero-order valence-electron chi connectivity index (χ0n) is 18.7. The van der Waals surface area contributed by atoms with E-state index in [2.05, 4.69) is 36.8 Å². The van der Waals surface area contributed by atoms with Crippen LogP contribution >= 0.6 is 0 Å². The number of amides is 1. The van der Waals surface area contributed by atoms with Crippen molar-refractivity contribution in [2.45, 2.75) is 51.5 Å². The second-order valence-corrected chi connectivity index (χ2v) is 9.99. The third kappa shape index (κ3) is 4.18. The molecule has 0 bridgehead atoms. The SMILES string of the molecule is CN1CCN(C2(c3ccc(C(N)=O)c(C4=CCC(C)(C)CC4)n3)CCOCC2)CC1. The van der Waals surface area contributed by atoms with Gasteiger partial charge in [-0.15, -0.1) is 0 Å². The summed E-state index contributed by atoms with van der Waals surface area (Å²) in [6, 6.07) is 3.95. The number of carbonyl (C=O) groups is 1. The van der Waals surface area contributed by atoms with Crippen molar-refractivity contribution >= 4 is 11.5 Å². The van der Waals surface area contributed by atoms with E-state index in [-0.39, 0.29) is 5.54 Å². The van der Waals surface area contributed by atoms with Gasteiger partial charge in [0.1, 0.15) is 0 Å². The second kappa shape index (κ2) is 8.40. The number of likely N-dealkylation sites (N-methyl/N-ethyl adjacent to an activating group) is 1. The van der Waals surface area contributed by atoms with Gasteiger partial charge in [-0.05, 0) is 62.3 Å². The number of ether oxygens (including phenoxy) is 1. The number of pyridine rings is 1. The van der Waals surface area contributed by atoms with Gasteiger partial charge in [-0.3, -0.25) is 14.7 Å². The fraction of sp³-hybridized carbons (Fsp3) is 0.667. The minimum absolute atomic E-state index is 0.126. The van der Waals surface area contributed by atoms with Gasteiger partial charge in [0, 0.05) is 39.4 Å². The van der Waals surface area contributed by atoms with E-state index >= 15 is 0 Å². The van der Waals surface area contributed by atoms with Crippen molar-refractivity contribution in [3.8, 4) is 0 Å². The first-order chi connectivity index (χ1) is 14.3. The smallest absolute Gasteiger partial charge is 0.250 e. The largest absolute Gasteiger partial charge is 0.381 e. The van der Waals surface area contributed by atoms with Gasteiger partial charge in [-0.1, -0.05) is 19.9 Å². The minimum atomic E-state index is -0.393. The molecule has 3 aliphatic rings. The number of allylic oxidation sites excluding steroid dienone is 2. The summed E-state index contributed by atoms with van der Waals surface area (Å²) in [7, 11) is 2.18. The summed E-state index contributed by atoms with van der Waals surface area (Å²) in [6.07, 6.45) is 7.18. The zero-order chi connectivity index (χ0) is 21.4. The number of piperazine rings is 1. The predicted octanol–water partition coefficient (Wildman–Crippen LogP) is 3.03. The van der Waals surface area contributed by atoms with Crippen LogP contribution in [0.4, 0.5) is 0 Å². The number of nitrogens with two attached hydrogens (primary N) is 1. The van der Waals surface area contributed by atoms with E-state index in [1.54, 1.807) is 0 Å². The Morgan fingerprint density at radius 2 is 1.80 bits per heavy atom. The molecule has 6 nitrogen and oxygen atoms in total. The third-order valence-electron chi connectivity index (χ3n) is 7.34. The van der Waals surface area contributed by atoms with Crippen LogP contribution in [-0.2, 0) is 10.3 Å². The molecule has 2 aliphatic heterocycles. The highest BCUT2D eigenvalue weighted by Crippen LogP contribution is 2.41. The lowest BCUT2D eigenvalue weighted by molar-refractivity contribution is -0.0506. The van der Waals surface area contributed by atoms with Crippen molar-refractivity contribution in [2.75, 3.05) is 46.4 Å². The van der Waals surface area contributed by atoms with E-state index in [9.17, 15) is 4.79 Å². The number of hydrogen-bond acceptors (Lipinski definition) is 5. The maximum absolute atomic E-state index is 12.2. The van der Waals surface area contributed by atoms with E-state index in [0.717, 1.165) is 82.9 Å². The Kier molecular flexibility index (Phi) is 6.02. The molecule has 2 N–H and O–H groups in total. The molecule has 0 saturated carbocycles. The highest BCUT2D eigenvalue weighted by molar-refractivity contribution is 5.97. The van der Waals surface area contributed by atoms with E-state index in [1.807, 2.05) is 12.1 Å². The van der Waals surface area contributed by atoms with Crippen LogP contribution in [0, 0.1) is 5.41 Å². The average Bonchev–Trinajstić information content (AvgIpc) is 2.74. The minimum Gasteiger partial charge on any atom is -0.381 e. The van der Waals surface area contributed by atoms with Gasteiger partial charge in [0.2, 0.25) is 0 Å². The molecule has 0 spiro atoms. The molecule has 2 saturated heterocycles. The average molecular weight is 413 g/mol. The Morgan fingerprint density at radius 1 is 1.10 bits per heavy atom. The van der Waals surface area contributed by atoms with E-state index in [4.69, 9.17) is 15.5 Å². The highest BCUT2D eigenvalue weighted by atomic mass is 16.5.